The monoisotopic (exact) mass is 221 g/mol. The zero-order valence-electron chi connectivity index (χ0n) is 10.6. The van der Waals surface area contributed by atoms with Crippen LogP contribution >= 0.6 is 0 Å². The molecular formula is C14H23NO. The first-order valence-electron chi connectivity index (χ1n) is 6.00. The lowest BCUT2D eigenvalue weighted by Gasteiger charge is -2.20. The van der Waals surface area contributed by atoms with Gasteiger partial charge in [-0.15, -0.1) is 0 Å². The number of rotatable bonds is 1. The quantitative estimate of drug-likeness (QED) is 0.787. The number of hydrogen-bond donors (Lipinski definition) is 1. The molecule has 1 aromatic carbocycles. The van der Waals surface area contributed by atoms with E-state index in [1.165, 1.54) is 24.0 Å². The maximum atomic E-state index is 5.21. The van der Waals surface area contributed by atoms with E-state index >= 15 is 0 Å². The lowest BCUT2D eigenvalue weighted by molar-refractivity contribution is 0.0730. The Morgan fingerprint density at radius 3 is 2.00 bits per heavy atom. The Hall–Kier alpha value is -0.860. The Morgan fingerprint density at radius 2 is 1.69 bits per heavy atom. The van der Waals surface area contributed by atoms with Crippen molar-refractivity contribution in [3.8, 4) is 0 Å². The highest BCUT2D eigenvalue weighted by atomic mass is 16.5. The number of likely N-dealkylation sites (N-methyl/N-ethyl adjacent to an activating group) is 1. The van der Waals surface area contributed by atoms with Gasteiger partial charge in [-0.1, -0.05) is 35.4 Å². The number of hydrogen-bond acceptors (Lipinski definition) is 2. The van der Waals surface area contributed by atoms with Crippen molar-refractivity contribution in [2.45, 2.75) is 32.7 Å². The van der Waals surface area contributed by atoms with Crippen molar-refractivity contribution in [3.63, 3.8) is 0 Å². The smallest absolute Gasteiger partial charge is 0.0619 e. The first-order chi connectivity index (χ1) is 7.72. The zero-order chi connectivity index (χ0) is 11.8. The van der Waals surface area contributed by atoms with E-state index in [4.69, 9.17) is 4.74 Å². The molecule has 1 aliphatic rings. The Balaban J connectivity index is 0.000000160. The molecule has 1 heterocycles. The molecule has 1 aliphatic heterocycles. The predicted octanol–water partition coefficient (Wildman–Crippen LogP) is 2.69. The summed E-state index contributed by atoms with van der Waals surface area (Å²) in [6.45, 7) is 6.05. The summed E-state index contributed by atoms with van der Waals surface area (Å²) < 4.78 is 5.21. The van der Waals surface area contributed by atoms with Gasteiger partial charge in [-0.3, -0.25) is 0 Å². The van der Waals surface area contributed by atoms with E-state index in [1.54, 1.807) is 0 Å². The van der Waals surface area contributed by atoms with E-state index in [2.05, 4.69) is 43.4 Å². The van der Waals surface area contributed by atoms with Gasteiger partial charge in [0.25, 0.3) is 0 Å². The van der Waals surface area contributed by atoms with Crippen LogP contribution in [0, 0.1) is 13.8 Å². The maximum Gasteiger partial charge on any atom is 0.0619 e. The molecule has 2 nitrogen and oxygen atoms in total. The summed E-state index contributed by atoms with van der Waals surface area (Å²) in [5, 5.41) is 3.18. The highest BCUT2D eigenvalue weighted by Gasteiger charge is 2.09. The summed E-state index contributed by atoms with van der Waals surface area (Å²) in [7, 11) is 1.99. The molecular weight excluding hydrogens is 198 g/mol. The molecule has 90 valence electrons. The molecule has 0 radical (unpaired) electrons. The molecule has 1 atom stereocenters. The van der Waals surface area contributed by atoms with Gasteiger partial charge in [0, 0.05) is 12.6 Å². The third-order valence-electron chi connectivity index (χ3n) is 2.79. The summed E-state index contributed by atoms with van der Waals surface area (Å²) >= 11 is 0. The summed E-state index contributed by atoms with van der Waals surface area (Å²) in [5.41, 5.74) is 2.66. The van der Waals surface area contributed by atoms with Crippen LogP contribution in [0.25, 0.3) is 0 Å². The summed E-state index contributed by atoms with van der Waals surface area (Å²) in [6, 6.07) is 9.10. The second-order valence-corrected chi connectivity index (χ2v) is 4.36. The van der Waals surface area contributed by atoms with Gasteiger partial charge in [0.1, 0.15) is 0 Å². The predicted molar refractivity (Wildman–Crippen MR) is 68.8 cm³/mol. The van der Waals surface area contributed by atoms with Crippen molar-refractivity contribution in [1.29, 1.82) is 0 Å². The molecule has 0 amide bonds. The number of nitrogens with one attached hydrogen (secondary N) is 1. The Morgan fingerprint density at radius 1 is 1.12 bits per heavy atom. The minimum atomic E-state index is 0.615. The zero-order valence-corrected chi connectivity index (χ0v) is 10.6. The number of aryl methyl sites for hydroxylation is 2. The van der Waals surface area contributed by atoms with Crippen molar-refractivity contribution in [2.24, 2.45) is 0 Å². The fraction of sp³-hybridized carbons (Fsp3) is 0.571. The van der Waals surface area contributed by atoms with Gasteiger partial charge in [-0.25, -0.2) is 0 Å². The van der Waals surface area contributed by atoms with Gasteiger partial charge in [0.05, 0.1) is 6.61 Å². The highest BCUT2D eigenvalue weighted by Crippen LogP contribution is 2.04. The molecule has 0 aliphatic carbocycles. The van der Waals surface area contributed by atoms with Crippen LogP contribution < -0.4 is 5.32 Å². The molecule has 1 unspecified atom stereocenters. The normalized spacial score (nSPS) is 19.8. The molecule has 16 heavy (non-hydrogen) atoms. The fourth-order valence-corrected chi connectivity index (χ4v) is 1.61. The van der Waals surface area contributed by atoms with Gasteiger partial charge < -0.3 is 10.1 Å². The maximum absolute atomic E-state index is 5.21. The fourth-order valence-electron chi connectivity index (χ4n) is 1.61. The van der Waals surface area contributed by atoms with Crippen LogP contribution in [0.2, 0.25) is 0 Å². The van der Waals surface area contributed by atoms with Gasteiger partial charge in [0.15, 0.2) is 0 Å². The molecule has 1 saturated heterocycles. The van der Waals surface area contributed by atoms with Gasteiger partial charge in [-0.2, -0.15) is 0 Å². The first kappa shape index (κ1) is 13.2. The largest absolute Gasteiger partial charge is 0.380 e. The van der Waals surface area contributed by atoms with Crippen molar-refractivity contribution in [1.82, 2.24) is 5.32 Å². The lowest BCUT2D eigenvalue weighted by Crippen LogP contribution is -2.33. The number of ether oxygens (including phenoxy) is 1. The molecule has 1 aromatic rings. The van der Waals surface area contributed by atoms with E-state index in [-0.39, 0.29) is 0 Å². The third kappa shape index (κ3) is 5.29. The van der Waals surface area contributed by atoms with Gasteiger partial charge in [0.2, 0.25) is 0 Å². The van der Waals surface area contributed by atoms with Crippen LogP contribution in [-0.2, 0) is 4.74 Å². The molecule has 0 aromatic heterocycles. The number of benzene rings is 1. The van der Waals surface area contributed by atoms with Crippen LogP contribution in [0.5, 0.6) is 0 Å². The van der Waals surface area contributed by atoms with Crippen molar-refractivity contribution >= 4 is 0 Å². The van der Waals surface area contributed by atoms with Gasteiger partial charge in [-0.05, 0) is 33.7 Å². The van der Waals surface area contributed by atoms with Crippen LogP contribution in [0.1, 0.15) is 24.0 Å². The van der Waals surface area contributed by atoms with Crippen LogP contribution in [0.4, 0.5) is 0 Å². The third-order valence-corrected chi connectivity index (χ3v) is 2.79. The molecule has 1 N–H and O–H groups in total. The standard InChI is InChI=1S/C8H10.C6H13NO/c1-7-3-5-8(2)6-4-7;1-7-6-3-2-4-8-5-6/h3-6H,1-2H3;6-7H,2-5H2,1H3. The topological polar surface area (TPSA) is 21.3 Å². The van der Waals surface area contributed by atoms with E-state index < -0.39 is 0 Å². The van der Waals surface area contributed by atoms with Crippen molar-refractivity contribution in [3.05, 3.63) is 35.4 Å². The molecule has 0 bridgehead atoms. The average molecular weight is 221 g/mol. The SMILES string of the molecule is CNC1CCCOC1.Cc1ccc(C)cc1. The summed E-state index contributed by atoms with van der Waals surface area (Å²) in [4.78, 5) is 0. The van der Waals surface area contributed by atoms with Gasteiger partial charge >= 0.3 is 0 Å². The molecule has 1 fully saturated rings. The first-order valence-corrected chi connectivity index (χ1v) is 6.00. The van der Waals surface area contributed by atoms with Crippen molar-refractivity contribution < 1.29 is 4.74 Å². The summed E-state index contributed by atoms with van der Waals surface area (Å²) in [5.74, 6) is 0. The van der Waals surface area contributed by atoms with E-state index in [1.807, 2.05) is 7.05 Å². The Bertz CT molecular complexity index is 254. The van der Waals surface area contributed by atoms with E-state index in [0.717, 1.165) is 13.2 Å². The molecule has 2 heteroatoms. The van der Waals surface area contributed by atoms with E-state index in [0.29, 0.717) is 6.04 Å². The minimum Gasteiger partial charge on any atom is -0.380 e. The summed E-state index contributed by atoms with van der Waals surface area (Å²) in [6.07, 6.45) is 2.49. The molecule has 2 rings (SSSR count). The second kappa shape index (κ2) is 7.42. The van der Waals surface area contributed by atoms with Crippen LogP contribution in [0.15, 0.2) is 24.3 Å². The van der Waals surface area contributed by atoms with E-state index in [9.17, 15) is 0 Å². The van der Waals surface area contributed by atoms with Crippen LogP contribution in [0.3, 0.4) is 0 Å². The lowest BCUT2D eigenvalue weighted by atomic mass is 10.1. The Kier molecular flexibility index (Phi) is 6.12. The minimum absolute atomic E-state index is 0.615. The second-order valence-electron chi connectivity index (χ2n) is 4.36. The van der Waals surface area contributed by atoms with Crippen molar-refractivity contribution in [2.75, 3.05) is 20.3 Å². The highest BCUT2D eigenvalue weighted by molar-refractivity contribution is 5.19. The average Bonchev–Trinajstić information content (AvgIpc) is 2.35. The molecule has 0 spiro atoms. The van der Waals surface area contributed by atoms with Crippen LogP contribution in [-0.4, -0.2) is 26.3 Å². The molecule has 0 saturated carbocycles. The Labute approximate surface area is 99.0 Å².